The maximum Gasteiger partial charge on any atom is 0.410 e. The fraction of sp³-hybridized carbons (Fsp3) is 0.378. The average molecular weight is 708 g/mol. The number of fused-ring (bicyclic) bond motifs is 1. The zero-order chi connectivity index (χ0) is 36.6. The van der Waals surface area contributed by atoms with Crippen molar-refractivity contribution in [1.82, 2.24) is 24.6 Å². The van der Waals surface area contributed by atoms with E-state index in [-0.39, 0.29) is 36.9 Å². The SMILES string of the molecule is CC(=O)O[C@@H]1C(=O)N([C@@H](c2nc(-c3cc(F)ccc3F)nn2Cc2cccc(F)c2)C(C)(C)C)C[C@@H]2C1N(C(=O)OCc1ccccc1)C[C@@H]2F. The summed E-state index contributed by atoms with van der Waals surface area (Å²) in [5.41, 5.74) is 0.0572. The quantitative estimate of drug-likeness (QED) is 0.158. The topological polar surface area (TPSA) is 107 Å². The molecule has 51 heavy (non-hydrogen) atoms. The summed E-state index contributed by atoms with van der Waals surface area (Å²) in [5.74, 6) is -4.66. The number of likely N-dealkylation sites (tertiary alicyclic amines) is 2. The minimum absolute atomic E-state index is 0.0716. The minimum Gasteiger partial charge on any atom is -0.450 e. The number of piperidine rings is 1. The van der Waals surface area contributed by atoms with Crippen molar-refractivity contribution < 1.29 is 41.4 Å². The number of ether oxygens (including phenoxy) is 2. The lowest BCUT2D eigenvalue weighted by Crippen LogP contribution is -2.63. The lowest BCUT2D eigenvalue weighted by atomic mass is 9.81. The maximum absolute atomic E-state index is 16.0. The molecule has 1 unspecified atom stereocenters. The number of hydrogen-bond acceptors (Lipinski definition) is 7. The Hall–Kier alpha value is -5.27. The van der Waals surface area contributed by atoms with Crippen LogP contribution in [0.1, 0.15) is 50.7 Å². The lowest BCUT2D eigenvalue weighted by Gasteiger charge is -2.47. The highest BCUT2D eigenvalue weighted by Gasteiger charge is 2.59. The summed E-state index contributed by atoms with van der Waals surface area (Å²) in [6.07, 6.45) is -4.09. The number of carbonyl (C=O) groups excluding carboxylic acids is 3. The van der Waals surface area contributed by atoms with Crippen LogP contribution in [0.25, 0.3) is 11.4 Å². The number of carbonyl (C=O) groups is 3. The van der Waals surface area contributed by atoms with Gasteiger partial charge in [-0.05, 0) is 46.9 Å². The van der Waals surface area contributed by atoms with Crippen LogP contribution in [0.3, 0.4) is 0 Å². The summed E-state index contributed by atoms with van der Waals surface area (Å²) in [6.45, 7) is 5.73. The third-order valence-corrected chi connectivity index (χ3v) is 9.08. The minimum atomic E-state index is -1.63. The van der Waals surface area contributed by atoms with Crippen LogP contribution in [0.15, 0.2) is 72.8 Å². The van der Waals surface area contributed by atoms with Crippen LogP contribution in [-0.4, -0.2) is 73.9 Å². The Morgan fingerprint density at radius 3 is 2.33 bits per heavy atom. The summed E-state index contributed by atoms with van der Waals surface area (Å²) >= 11 is 0. The van der Waals surface area contributed by atoms with Crippen molar-refractivity contribution in [2.75, 3.05) is 13.1 Å². The van der Waals surface area contributed by atoms with Gasteiger partial charge in [0.05, 0.1) is 30.7 Å². The fourth-order valence-electron chi connectivity index (χ4n) is 6.92. The van der Waals surface area contributed by atoms with Crippen LogP contribution in [0.2, 0.25) is 0 Å². The van der Waals surface area contributed by atoms with E-state index in [9.17, 15) is 23.2 Å². The third-order valence-electron chi connectivity index (χ3n) is 9.08. The van der Waals surface area contributed by atoms with E-state index in [1.807, 2.05) is 6.07 Å². The number of hydrogen-bond donors (Lipinski definition) is 0. The predicted octanol–water partition coefficient (Wildman–Crippen LogP) is 6.25. The first-order valence-electron chi connectivity index (χ1n) is 16.4. The second-order valence-electron chi connectivity index (χ2n) is 13.9. The molecule has 3 aromatic carbocycles. The molecule has 3 heterocycles. The molecule has 5 atom stereocenters. The van der Waals surface area contributed by atoms with E-state index in [4.69, 9.17) is 9.47 Å². The van der Waals surface area contributed by atoms with Crippen molar-refractivity contribution in [2.45, 2.75) is 65.2 Å². The Labute approximate surface area is 292 Å². The molecule has 4 aromatic rings. The molecular weight excluding hydrogens is 670 g/mol. The van der Waals surface area contributed by atoms with Crippen molar-refractivity contribution in [3.05, 3.63) is 107 Å². The molecule has 0 bridgehead atoms. The zero-order valence-corrected chi connectivity index (χ0v) is 28.4. The Morgan fingerprint density at radius 1 is 0.941 bits per heavy atom. The van der Waals surface area contributed by atoms with Gasteiger partial charge in [-0.25, -0.2) is 32.0 Å². The number of amides is 2. The first-order valence-corrected chi connectivity index (χ1v) is 16.4. The fourth-order valence-corrected chi connectivity index (χ4v) is 6.92. The molecule has 1 aromatic heterocycles. The summed E-state index contributed by atoms with van der Waals surface area (Å²) in [6, 6.07) is 15.2. The monoisotopic (exact) mass is 707 g/mol. The van der Waals surface area contributed by atoms with Gasteiger partial charge in [0.25, 0.3) is 5.91 Å². The van der Waals surface area contributed by atoms with Crippen molar-refractivity contribution >= 4 is 18.0 Å². The average Bonchev–Trinajstić information content (AvgIpc) is 3.62. The molecular formula is C37H37F4N5O5. The molecule has 0 spiro atoms. The normalized spacial score (nSPS) is 21.0. The highest BCUT2D eigenvalue weighted by molar-refractivity contribution is 5.87. The van der Waals surface area contributed by atoms with Crippen LogP contribution in [0.5, 0.6) is 0 Å². The number of rotatable bonds is 8. The van der Waals surface area contributed by atoms with Gasteiger partial charge in [-0.3, -0.25) is 14.5 Å². The molecule has 2 amide bonds. The highest BCUT2D eigenvalue weighted by Crippen LogP contribution is 2.44. The van der Waals surface area contributed by atoms with Crippen LogP contribution in [0, 0.1) is 28.8 Å². The Bertz CT molecular complexity index is 1930. The summed E-state index contributed by atoms with van der Waals surface area (Å²) < 4.78 is 72.1. The van der Waals surface area contributed by atoms with Crippen LogP contribution in [0.4, 0.5) is 22.4 Å². The number of alkyl halides is 1. The summed E-state index contributed by atoms with van der Waals surface area (Å²) in [4.78, 5) is 47.4. The van der Waals surface area contributed by atoms with E-state index >= 15 is 8.78 Å². The molecule has 14 heteroatoms. The van der Waals surface area contributed by atoms with Crippen molar-refractivity contribution in [3.63, 3.8) is 0 Å². The van der Waals surface area contributed by atoms with Gasteiger partial charge in [-0.2, -0.15) is 5.10 Å². The first kappa shape index (κ1) is 35.6. The number of aromatic nitrogens is 3. The molecule has 0 aliphatic carbocycles. The number of halogens is 4. The zero-order valence-electron chi connectivity index (χ0n) is 28.4. The van der Waals surface area contributed by atoms with Crippen molar-refractivity contribution in [2.24, 2.45) is 11.3 Å². The molecule has 0 saturated carbocycles. The largest absolute Gasteiger partial charge is 0.450 e. The molecule has 268 valence electrons. The Kier molecular flexibility index (Phi) is 9.87. The van der Waals surface area contributed by atoms with E-state index < -0.39 is 77.7 Å². The van der Waals surface area contributed by atoms with Crippen LogP contribution >= 0.6 is 0 Å². The molecule has 2 aliphatic heterocycles. The molecule has 2 saturated heterocycles. The summed E-state index contributed by atoms with van der Waals surface area (Å²) in [7, 11) is 0. The second kappa shape index (κ2) is 14.2. The first-order chi connectivity index (χ1) is 24.2. The standard InChI is InChI=1S/C37H37F4N5O5/c1-21(47)51-31-30-27(29(41)19-44(30)36(49)50-20-22-9-6-5-7-10-22)18-45(35(31)48)32(37(2,3)4)34-42-33(26-16-25(39)13-14-28(26)40)43-46(34)17-23-11-8-12-24(38)15-23/h5-16,27,29-32H,17-20H2,1-4H3/t27-,29-,30?,31-,32-/m0/s1. The van der Waals surface area contributed by atoms with E-state index in [1.165, 1.54) is 27.8 Å². The van der Waals surface area contributed by atoms with E-state index in [2.05, 4.69) is 10.1 Å². The smallest absolute Gasteiger partial charge is 0.410 e. The predicted molar refractivity (Wildman–Crippen MR) is 176 cm³/mol. The molecule has 2 fully saturated rings. The van der Waals surface area contributed by atoms with Gasteiger partial charge in [0.1, 0.15) is 30.2 Å². The molecule has 10 nitrogen and oxygen atoms in total. The Balaban J connectivity index is 1.40. The van der Waals surface area contributed by atoms with Gasteiger partial charge in [0.2, 0.25) is 6.10 Å². The second-order valence-corrected chi connectivity index (χ2v) is 13.9. The maximum atomic E-state index is 16.0. The highest BCUT2D eigenvalue weighted by atomic mass is 19.1. The number of benzene rings is 3. The van der Waals surface area contributed by atoms with E-state index in [1.54, 1.807) is 51.1 Å². The van der Waals surface area contributed by atoms with Crippen LogP contribution in [-0.2, 0) is 32.2 Å². The molecule has 0 radical (unpaired) electrons. The van der Waals surface area contributed by atoms with Gasteiger partial charge in [-0.1, -0.05) is 63.2 Å². The number of esters is 1. The van der Waals surface area contributed by atoms with Gasteiger partial charge < -0.3 is 14.4 Å². The van der Waals surface area contributed by atoms with Crippen LogP contribution < -0.4 is 0 Å². The van der Waals surface area contributed by atoms with Crippen molar-refractivity contribution in [1.29, 1.82) is 0 Å². The van der Waals surface area contributed by atoms with Gasteiger partial charge in [0, 0.05) is 19.4 Å². The van der Waals surface area contributed by atoms with Crippen molar-refractivity contribution in [3.8, 4) is 11.4 Å². The third kappa shape index (κ3) is 7.45. The molecule has 6 rings (SSSR count). The van der Waals surface area contributed by atoms with E-state index in [0.717, 1.165) is 30.0 Å². The lowest BCUT2D eigenvalue weighted by molar-refractivity contribution is -0.173. The molecule has 0 N–H and O–H groups in total. The number of nitrogens with zero attached hydrogens (tertiary/aromatic N) is 5. The Morgan fingerprint density at radius 2 is 1.65 bits per heavy atom. The summed E-state index contributed by atoms with van der Waals surface area (Å²) in [5, 5.41) is 4.50. The molecule has 2 aliphatic rings. The van der Waals surface area contributed by atoms with Gasteiger partial charge in [-0.15, -0.1) is 0 Å². The van der Waals surface area contributed by atoms with E-state index in [0.29, 0.717) is 11.1 Å². The van der Waals surface area contributed by atoms with Gasteiger partial charge >= 0.3 is 12.1 Å². The van der Waals surface area contributed by atoms with Gasteiger partial charge in [0.15, 0.2) is 11.6 Å².